The number of pyridine rings is 1. The first-order chi connectivity index (χ1) is 13.8. The van der Waals surface area contributed by atoms with Crippen LogP contribution in [0.15, 0.2) is 65.7 Å². The first-order valence-electron chi connectivity index (χ1n) is 8.64. The van der Waals surface area contributed by atoms with E-state index in [1.165, 1.54) is 12.1 Å². The van der Waals surface area contributed by atoms with E-state index in [4.69, 9.17) is 21.5 Å². The van der Waals surface area contributed by atoms with E-state index in [0.29, 0.717) is 24.4 Å². The standard InChI is InChI=1S/C20H16ClN3O4S/c21-17-5-3-6-18(19(17)29(22,26)27)28-15-7-8-16-13(10-15)11-24(20(16)25)12-14-4-1-2-9-23-14/h1-10H,11-12H2,(H2,22,26,27). The second kappa shape index (κ2) is 7.47. The highest BCUT2D eigenvalue weighted by Gasteiger charge is 2.28. The van der Waals surface area contributed by atoms with Gasteiger partial charge < -0.3 is 9.64 Å². The summed E-state index contributed by atoms with van der Waals surface area (Å²) in [5, 5.41) is 5.24. The van der Waals surface area contributed by atoms with Crippen LogP contribution in [0.3, 0.4) is 0 Å². The lowest BCUT2D eigenvalue weighted by molar-refractivity contribution is 0.0764. The number of carbonyl (C=O) groups is 1. The van der Waals surface area contributed by atoms with Gasteiger partial charge in [-0.2, -0.15) is 0 Å². The van der Waals surface area contributed by atoms with E-state index in [-0.39, 0.29) is 21.6 Å². The van der Waals surface area contributed by atoms with Crippen molar-refractivity contribution in [1.82, 2.24) is 9.88 Å². The maximum absolute atomic E-state index is 12.6. The van der Waals surface area contributed by atoms with Crippen LogP contribution in [0.4, 0.5) is 0 Å². The summed E-state index contributed by atoms with van der Waals surface area (Å²) in [6.07, 6.45) is 1.68. The van der Waals surface area contributed by atoms with E-state index in [9.17, 15) is 13.2 Å². The number of hydrogen-bond acceptors (Lipinski definition) is 5. The fraction of sp³-hybridized carbons (Fsp3) is 0.100. The molecule has 1 aliphatic heterocycles. The predicted octanol–water partition coefficient (Wildman–Crippen LogP) is 3.33. The molecular weight excluding hydrogens is 414 g/mol. The van der Waals surface area contributed by atoms with Gasteiger partial charge in [0.1, 0.15) is 16.4 Å². The van der Waals surface area contributed by atoms with E-state index in [1.807, 2.05) is 18.2 Å². The highest BCUT2D eigenvalue weighted by Crippen LogP contribution is 2.35. The molecule has 0 radical (unpaired) electrons. The Hall–Kier alpha value is -2.94. The molecule has 4 rings (SSSR count). The summed E-state index contributed by atoms with van der Waals surface area (Å²) in [5.74, 6) is 0.309. The zero-order valence-electron chi connectivity index (χ0n) is 15.1. The second-order valence-electron chi connectivity index (χ2n) is 6.52. The summed E-state index contributed by atoms with van der Waals surface area (Å²) in [6.45, 7) is 0.800. The molecule has 2 heterocycles. The van der Waals surface area contributed by atoms with E-state index >= 15 is 0 Å². The molecule has 0 spiro atoms. The Kier molecular flexibility index (Phi) is 4.99. The number of halogens is 1. The number of benzene rings is 2. The Labute approximate surface area is 172 Å². The third-order valence-electron chi connectivity index (χ3n) is 4.48. The molecule has 0 saturated carbocycles. The SMILES string of the molecule is NS(=O)(=O)c1c(Cl)cccc1Oc1ccc2c(c1)CN(Cc1ccccn1)C2=O. The lowest BCUT2D eigenvalue weighted by atomic mass is 10.1. The topological polar surface area (TPSA) is 103 Å². The molecule has 0 bridgehead atoms. The minimum atomic E-state index is -4.07. The summed E-state index contributed by atoms with van der Waals surface area (Å²) in [6, 6.07) is 15.0. The van der Waals surface area contributed by atoms with Gasteiger partial charge in [0.15, 0.2) is 0 Å². The monoisotopic (exact) mass is 429 g/mol. The Morgan fingerprint density at radius 2 is 1.97 bits per heavy atom. The lowest BCUT2D eigenvalue weighted by Crippen LogP contribution is -2.23. The van der Waals surface area contributed by atoms with Crippen LogP contribution in [0, 0.1) is 0 Å². The average molecular weight is 430 g/mol. The van der Waals surface area contributed by atoms with Gasteiger partial charge in [-0.25, -0.2) is 13.6 Å². The minimum absolute atomic E-state index is 0.0228. The predicted molar refractivity (Wildman–Crippen MR) is 107 cm³/mol. The molecular formula is C20H16ClN3O4S. The van der Waals surface area contributed by atoms with E-state index in [0.717, 1.165) is 11.3 Å². The molecule has 9 heteroatoms. The molecule has 7 nitrogen and oxygen atoms in total. The Bertz CT molecular complexity index is 1200. The van der Waals surface area contributed by atoms with Crippen LogP contribution in [0.2, 0.25) is 5.02 Å². The summed E-state index contributed by atoms with van der Waals surface area (Å²) >= 11 is 5.99. The first-order valence-corrected chi connectivity index (χ1v) is 10.6. The molecule has 1 amide bonds. The zero-order chi connectivity index (χ0) is 20.6. The molecule has 0 atom stereocenters. The highest BCUT2D eigenvalue weighted by molar-refractivity contribution is 7.89. The number of fused-ring (bicyclic) bond motifs is 1. The summed E-state index contributed by atoms with van der Waals surface area (Å²) < 4.78 is 29.5. The Balaban J connectivity index is 1.60. The van der Waals surface area contributed by atoms with Crippen molar-refractivity contribution in [1.29, 1.82) is 0 Å². The molecule has 148 valence electrons. The molecule has 2 aromatic carbocycles. The van der Waals surface area contributed by atoms with Gasteiger partial charge >= 0.3 is 0 Å². The van der Waals surface area contributed by atoms with E-state index in [2.05, 4.69) is 4.98 Å². The molecule has 2 N–H and O–H groups in total. The zero-order valence-corrected chi connectivity index (χ0v) is 16.7. The molecule has 29 heavy (non-hydrogen) atoms. The first kappa shape index (κ1) is 19.4. The molecule has 1 aliphatic rings. The number of carbonyl (C=O) groups excluding carboxylic acids is 1. The molecule has 0 fully saturated rings. The van der Waals surface area contributed by atoms with Crippen molar-refractivity contribution in [2.24, 2.45) is 5.14 Å². The third kappa shape index (κ3) is 3.95. The van der Waals surface area contributed by atoms with Crippen LogP contribution in [-0.4, -0.2) is 24.2 Å². The van der Waals surface area contributed by atoms with Gasteiger partial charge in [-0.1, -0.05) is 23.7 Å². The smallest absolute Gasteiger partial charge is 0.254 e. The number of nitrogens with zero attached hydrogens (tertiary/aromatic N) is 2. The number of rotatable bonds is 5. The van der Waals surface area contributed by atoms with Crippen LogP contribution in [0.1, 0.15) is 21.6 Å². The van der Waals surface area contributed by atoms with Crippen molar-refractivity contribution >= 4 is 27.5 Å². The van der Waals surface area contributed by atoms with Gasteiger partial charge in [0, 0.05) is 18.3 Å². The van der Waals surface area contributed by atoms with Crippen LogP contribution in [0.5, 0.6) is 11.5 Å². The molecule has 3 aromatic rings. The second-order valence-corrected chi connectivity index (χ2v) is 8.42. The molecule has 0 aliphatic carbocycles. The highest BCUT2D eigenvalue weighted by atomic mass is 35.5. The van der Waals surface area contributed by atoms with Gasteiger partial charge in [-0.3, -0.25) is 9.78 Å². The summed E-state index contributed by atoms with van der Waals surface area (Å²) in [5.41, 5.74) is 2.15. The minimum Gasteiger partial charge on any atom is -0.456 e. The van der Waals surface area contributed by atoms with Crippen LogP contribution in [0.25, 0.3) is 0 Å². The maximum Gasteiger partial charge on any atom is 0.254 e. The number of nitrogens with two attached hydrogens (primary N) is 1. The normalized spacial score (nSPS) is 13.4. The van der Waals surface area contributed by atoms with Gasteiger partial charge in [0.25, 0.3) is 5.91 Å². The van der Waals surface area contributed by atoms with Crippen molar-refractivity contribution in [3.05, 3.63) is 82.6 Å². The van der Waals surface area contributed by atoms with Gasteiger partial charge in [0.05, 0.1) is 17.3 Å². The van der Waals surface area contributed by atoms with Crippen molar-refractivity contribution in [3.8, 4) is 11.5 Å². The number of sulfonamides is 1. The van der Waals surface area contributed by atoms with E-state index in [1.54, 1.807) is 35.4 Å². The average Bonchev–Trinajstić information content (AvgIpc) is 2.96. The Morgan fingerprint density at radius 1 is 1.14 bits per heavy atom. The van der Waals surface area contributed by atoms with Crippen molar-refractivity contribution in [2.45, 2.75) is 18.0 Å². The van der Waals surface area contributed by atoms with Crippen molar-refractivity contribution in [3.63, 3.8) is 0 Å². The number of primary sulfonamides is 1. The molecule has 0 saturated heterocycles. The fourth-order valence-corrected chi connectivity index (χ4v) is 4.43. The quantitative estimate of drug-likeness (QED) is 0.670. The number of amides is 1. The molecule has 0 unspecified atom stereocenters. The largest absolute Gasteiger partial charge is 0.456 e. The van der Waals surface area contributed by atoms with E-state index < -0.39 is 10.0 Å². The summed E-state index contributed by atoms with van der Waals surface area (Å²) in [4.78, 5) is 18.3. The number of hydrogen-bond donors (Lipinski definition) is 1. The molecule has 1 aromatic heterocycles. The number of ether oxygens (including phenoxy) is 1. The number of aromatic nitrogens is 1. The van der Waals surface area contributed by atoms with Gasteiger partial charge in [-0.15, -0.1) is 0 Å². The lowest BCUT2D eigenvalue weighted by Gasteiger charge is -2.14. The fourth-order valence-electron chi connectivity index (χ4n) is 3.21. The van der Waals surface area contributed by atoms with Gasteiger partial charge in [-0.05, 0) is 48.0 Å². The Morgan fingerprint density at radius 3 is 2.69 bits per heavy atom. The summed E-state index contributed by atoms with van der Waals surface area (Å²) in [7, 11) is -4.07. The van der Waals surface area contributed by atoms with Crippen molar-refractivity contribution < 1.29 is 17.9 Å². The van der Waals surface area contributed by atoms with Gasteiger partial charge in [0.2, 0.25) is 10.0 Å². The van der Waals surface area contributed by atoms with Crippen LogP contribution in [-0.2, 0) is 23.1 Å². The van der Waals surface area contributed by atoms with Crippen LogP contribution < -0.4 is 9.88 Å². The maximum atomic E-state index is 12.6. The van der Waals surface area contributed by atoms with Crippen LogP contribution >= 0.6 is 11.6 Å². The third-order valence-corrected chi connectivity index (χ3v) is 5.89. The van der Waals surface area contributed by atoms with Crippen molar-refractivity contribution in [2.75, 3.05) is 0 Å².